The van der Waals surface area contributed by atoms with Crippen molar-refractivity contribution in [1.29, 1.82) is 0 Å². The van der Waals surface area contributed by atoms with Crippen LogP contribution in [-0.2, 0) is 16.1 Å². The van der Waals surface area contributed by atoms with Crippen LogP contribution in [0.2, 0.25) is 5.15 Å². The van der Waals surface area contributed by atoms with Crippen molar-refractivity contribution in [1.82, 2.24) is 24.3 Å². The van der Waals surface area contributed by atoms with Crippen molar-refractivity contribution in [3.63, 3.8) is 0 Å². The fourth-order valence-electron chi connectivity index (χ4n) is 5.10. The van der Waals surface area contributed by atoms with Crippen LogP contribution in [0, 0.1) is 5.41 Å². The molecule has 0 radical (unpaired) electrons. The summed E-state index contributed by atoms with van der Waals surface area (Å²) in [7, 11) is 0. The zero-order valence-corrected chi connectivity index (χ0v) is 22.8. The number of hydrogen-bond donors (Lipinski definition) is 2. The van der Waals surface area contributed by atoms with Crippen LogP contribution in [0.3, 0.4) is 0 Å². The number of hydrogen-bond acceptors (Lipinski definition) is 6. The third-order valence-electron chi connectivity index (χ3n) is 7.83. The summed E-state index contributed by atoms with van der Waals surface area (Å²) in [4.78, 5) is 32.0. The minimum absolute atomic E-state index is 0.141. The number of nitrogens with one attached hydrogen (secondary N) is 1. The first-order chi connectivity index (χ1) is 18.2. The average Bonchev–Trinajstić information content (AvgIpc) is 3.58. The molecule has 1 saturated carbocycles. The van der Waals surface area contributed by atoms with E-state index in [1.807, 2.05) is 42.2 Å². The molecular weight excluding hydrogens is 506 g/mol. The summed E-state index contributed by atoms with van der Waals surface area (Å²) in [5.41, 5.74) is -0.174. The van der Waals surface area contributed by atoms with Gasteiger partial charge in [-0.1, -0.05) is 36.7 Å². The summed E-state index contributed by atoms with van der Waals surface area (Å²) < 4.78 is 8.40. The summed E-state index contributed by atoms with van der Waals surface area (Å²) in [6, 6.07) is 11.1. The predicted molar refractivity (Wildman–Crippen MR) is 147 cm³/mol. The van der Waals surface area contributed by atoms with Crippen molar-refractivity contribution in [2.75, 3.05) is 32.8 Å². The Morgan fingerprint density at radius 3 is 2.50 bits per heavy atom. The van der Waals surface area contributed by atoms with Crippen LogP contribution in [-0.4, -0.2) is 74.5 Å². The van der Waals surface area contributed by atoms with Crippen molar-refractivity contribution in [2.24, 2.45) is 5.41 Å². The Hall–Kier alpha value is -2.72. The van der Waals surface area contributed by atoms with Crippen molar-refractivity contribution >= 4 is 28.5 Å². The molecule has 1 atom stereocenters. The van der Waals surface area contributed by atoms with Gasteiger partial charge in [-0.05, 0) is 50.8 Å². The molecule has 3 aromatic rings. The van der Waals surface area contributed by atoms with Crippen LogP contribution in [0.5, 0.6) is 0 Å². The smallest absolute Gasteiger partial charge is 0.262 e. The molecule has 4 heterocycles. The molecule has 3 aliphatic rings. The number of aliphatic hydroxyl groups is 1. The van der Waals surface area contributed by atoms with Crippen LogP contribution in [0.1, 0.15) is 39.5 Å². The number of morpholine rings is 1. The molecule has 204 valence electrons. The molecule has 1 aliphatic carbocycles. The third kappa shape index (κ3) is 5.66. The minimum atomic E-state index is -1.05. The molecule has 0 spiro atoms. The molecule has 1 amide bonds. The second-order valence-electron chi connectivity index (χ2n) is 11.0. The average molecular weight is 542 g/mol. The van der Waals surface area contributed by atoms with E-state index in [0.29, 0.717) is 48.2 Å². The number of amides is 1. The molecule has 1 unspecified atom stereocenters. The van der Waals surface area contributed by atoms with Crippen LogP contribution in [0.15, 0.2) is 47.5 Å². The van der Waals surface area contributed by atoms with Gasteiger partial charge in [-0.2, -0.15) is 0 Å². The number of rotatable bonds is 4. The lowest BCUT2D eigenvalue weighted by atomic mass is 9.90. The number of likely N-dealkylation sites (tertiary alicyclic amines) is 1. The SMILES string of the molecule is CC1(C(=O)N2CCC(O)(Cn3cnc4c(cc(Cl)n4-c4ccccc4)c3=O)CC2)CC1.CC1CNCCO1. The second-order valence-corrected chi connectivity index (χ2v) is 11.4. The first-order valence-corrected chi connectivity index (χ1v) is 13.7. The Morgan fingerprint density at radius 2 is 1.92 bits per heavy atom. The second kappa shape index (κ2) is 10.8. The van der Waals surface area contributed by atoms with Gasteiger partial charge in [0.05, 0.1) is 30.2 Å². The van der Waals surface area contributed by atoms with Gasteiger partial charge in [-0.3, -0.25) is 18.7 Å². The van der Waals surface area contributed by atoms with Crippen molar-refractivity contribution in [3.8, 4) is 5.69 Å². The number of para-hydroxylation sites is 1. The van der Waals surface area contributed by atoms with Gasteiger partial charge in [0.1, 0.15) is 11.5 Å². The first kappa shape index (κ1) is 26.9. The van der Waals surface area contributed by atoms with Crippen molar-refractivity contribution in [3.05, 3.63) is 58.2 Å². The van der Waals surface area contributed by atoms with E-state index in [-0.39, 0.29) is 23.4 Å². The van der Waals surface area contributed by atoms with Crippen molar-refractivity contribution in [2.45, 2.75) is 57.8 Å². The quantitative estimate of drug-likeness (QED) is 0.526. The van der Waals surface area contributed by atoms with Crippen LogP contribution < -0.4 is 10.9 Å². The van der Waals surface area contributed by atoms with E-state index >= 15 is 0 Å². The van der Waals surface area contributed by atoms with E-state index in [9.17, 15) is 14.7 Å². The number of carbonyl (C=O) groups is 1. The molecule has 2 N–H and O–H groups in total. The number of carbonyl (C=O) groups excluding carboxylic acids is 1. The number of aromatic nitrogens is 3. The number of nitrogens with zero attached hydrogens (tertiary/aromatic N) is 4. The molecule has 38 heavy (non-hydrogen) atoms. The highest BCUT2D eigenvalue weighted by atomic mass is 35.5. The summed E-state index contributed by atoms with van der Waals surface area (Å²) in [5, 5.41) is 15.1. The van der Waals surface area contributed by atoms with Crippen LogP contribution >= 0.6 is 11.6 Å². The largest absolute Gasteiger partial charge is 0.388 e. The molecule has 9 nitrogen and oxygen atoms in total. The summed E-state index contributed by atoms with van der Waals surface area (Å²) in [6.45, 7) is 8.14. The Morgan fingerprint density at radius 1 is 1.21 bits per heavy atom. The van der Waals surface area contributed by atoms with E-state index in [2.05, 4.69) is 17.2 Å². The van der Waals surface area contributed by atoms with E-state index in [0.717, 1.165) is 38.2 Å². The normalized spacial score (nSPS) is 22.0. The summed E-state index contributed by atoms with van der Waals surface area (Å²) in [5.74, 6) is 0.187. The zero-order valence-electron chi connectivity index (χ0n) is 22.0. The predicted octanol–water partition coefficient (Wildman–Crippen LogP) is 2.99. The number of piperidine rings is 1. The molecule has 3 fully saturated rings. The van der Waals surface area contributed by atoms with E-state index in [1.54, 1.807) is 10.6 Å². The Labute approximate surface area is 227 Å². The van der Waals surface area contributed by atoms with Gasteiger partial charge in [0.15, 0.2) is 5.65 Å². The lowest BCUT2D eigenvalue weighted by molar-refractivity contribution is -0.141. The maximum Gasteiger partial charge on any atom is 0.262 e. The Bertz CT molecular complexity index is 1340. The van der Waals surface area contributed by atoms with Crippen LogP contribution in [0.25, 0.3) is 16.7 Å². The Kier molecular flexibility index (Phi) is 7.64. The maximum atomic E-state index is 13.1. The molecule has 10 heteroatoms. The van der Waals surface area contributed by atoms with Gasteiger partial charge < -0.3 is 20.1 Å². The number of benzene rings is 1. The number of ether oxygens (including phenoxy) is 1. The molecule has 2 aromatic heterocycles. The highest BCUT2D eigenvalue weighted by molar-refractivity contribution is 6.31. The monoisotopic (exact) mass is 541 g/mol. The maximum absolute atomic E-state index is 13.1. The van der Waals surface area contributed by atoms with E-state index < -0.39 is 5.60 Å². The zero-order chi connectivity index (χ0) is 26.9. The summed E-state index contributed by atoms with van der Waals surface area (Å²) >= 11 is 6.42. The van der Waals surface area contributed by atoms with Crippen LogP contribution in [0.4, 0.5) is 0 Å². The van der Waals surface area contributed by atoms with Gasteiger partial charge in [0, 0.05) is 37.3 Å². The van der Waals surface area contributed by atoms with E-state index in [1.165, 1.54) is 10.9 Å². The van der Waals surface area contributed by atoms with Gasteiger partial charge in [0.25, 0.3) is 5.56 Å². The lowest BCUT2D eigenvalue weighted by Gasteiger charge is -2.39. The standard InChI is InChI=1S/C23H25ClN4O3.C5H11NO/c1-22(7-8-22)21(30)26-11-9-23(31,10-12-26)14-27-15-25-19-17(20(27)29)13-18(24)28(19)16-5-3-2-4-6-16;1-5-4-6-2-3-7-5/h2-6,13,15,31H,7-12,14H2,1H3;5-6H,2-4H2,1H3. The molecule has 2 aliphatic heterocycles. The fourth-order valence-corrected chi connectivity index (χ4v) is 5.39. The fraction of sp³-hybridized carbons (Fsp3) is 0.536. The highest BCUT2D eigenvalue weighted by Gasteiger charge is 2.48. The van der Waals surface area contributed by atoms with E-state index in [4.69, 9.17) is 16.3 Å². The van der Waals surface area contributed by atoms with Gasteiger partial charge in [-0.15, -0.1) is 0 Å². The number of halogens is 1. The molecule has 2 saturated heterocycles. The highest BCUT2D eigenvalue weighted by Crippen LogP contribution is 2.47. The van der Waals surface area contributed by atoms with Gasteiger partial charge >= 0.3 is 0 Å². The Balaban J connectivity index is 0.000000366. The molecule has 1 aromatic carbocycles. The van der Waals surface area contributed by atoms with Gasteiger partial charge in [-0.25, -0.2) is 4.98 Å². The lowest BCUT2D eigenvalue weighted by Crippen LogP contribution is -2.51. The third-order valence-corrected chi connectivity index (χ3v) is 8.11. The molecular formula is C28H36ClN5O4. The topological polar surface area (TPSA) is 102 Å². The first-order valence-electron chi connectivity index (χ1n) is 13.4. The van der Waals surface area contributed by atoms with Crippen molar-refractivity contribution < 1.29 is 14.6 Å². The molecule has 6 rings (SSSR count). The number of fused-ring (bicyclic) bond motifs is 1. The summed E-state index contributed by atoms with van der Waals surface area (Å²) in [6.07, 6.45) is 4.66. The molecule has 0 bridgehead atoms. The van der Waals surface area contributed by atoms with Gasteiger partial charge in [0.2, 0.25) is 5.91 Å². The minimum Gasteiger partial charge on any atom is -0.388 e.